The van der Waals surface area contributed by atoms with E-state index in [0.29, 0.717) is 12.1 Å². The van der Waals surface area contributed by atoms with Crippen LogP contribution in [-0.4, -0.2) is 6.54 Å². The van der Waals surface area contributed by atoms with E-state index in [1.807, 2.05) is 0 Å². The molecule has 0 radical (unpaired) electrons. The average Bonchev–Trinajstić information content (AvgIpc) is 2.17. The molecule has 4 N–H and O–H groups in total. The Balaban J connectivity index is 2.61. The van der Waals surface area contributed by atoms with Gasteiger partial charge in [-0.1, -0.05) is 28.4 Å². The van der Waals surface area contributed by atoms with E-state index in [0.717, 1.165) is 23.7 Å². The number of halogens is 2. The van der Waals surface area contributed by atoms with Gasteiger partial charge in [0, 0.05) is 16.1 Å². The molecule has 0 amide bonds. The number of nitrogens with two attached hydrogens (primary N) is 2. The molecule has 0 aliphatic carbocycles. The summed E-state index contributed by atoms with van der Waals surface area (Å²) in [5.74, 6) is -0.246. The third kappa shape index (κ3) is 3.89. The zero-order chi connectivity index (χ0) is 11.3. The minimum absolute atomic E-state index is 0.232. The fourth-order valence-electron chi connectivity index (χ4n) is 1.47. The molecule has 1 rings (SSSR count). The van der Waals surface area contributed by atoms with E-state index in [9.17, 15) is 4.39 Å². The van der Waals surface area contributed by atoms with Crippen molar-refractivity contribution in [3.63, 3.8) is 0 Å². The molecule has 0 aliphatic heterocycles. The maximum atomic E-state index is 13.5. The summed E-state index contributed by atoms with van der Waals surface area (Å²) in [5.41, 5.74) is 11.9. The normalized spacial score (nSPS) is 12.8. The Morgan fingerprint density at radius 3 is 2.67 bits per heavy atom. The van der Waals surface area contributed by atoms with Crippen LogP contribution >= 0.6 is 15.9 Å². The summed E-state index contributed by atoms with van der Waals surface area (Å²) in [6, 6.07) is 4.75. The van der Waals surface area contributed by atoms with Crippen molar-refractivity contribution in [2.45, 2.75) is 25.3 Å². The van der Waals surface area contributed by atoms with Crippen LogP contribution in [0.5, 0.6) is 0 Å². The standard InChI is InChI=1S/C11H16BrFN2/c12-8-4-5-9(10(13)7-8)11(15)3-1-2-6-14/h4-5,7,11H,1-3,6,14-15H2/t11-/m0/s1. The molecule has 1 aromatic carbocycles. The number of benzene rings is 1. The highest BCUT2D eigenvalue weighted by molar-refractivity contribution is 9.10. The Morgan fingerprint density at radius 1 is 1.33 bits per heavy atom. The molecule has 1 aromatic rings. The zero-order valence-electron chi connectivity index (χ0n) is 8.55. The smallest absolute Gasteiger partial charge is 0.129 e. The van der Waals surface area contributed by atoms with Crippen LogP contribution < -0.4 is 11.5 Å². The summed E-state index contributed by atoms with van der Waals surface area (Å²) >= 11 is 3.21. The fraction of sp³-hybridized carbons (Fsp3) is 0.455. The minimum Gasteiger partial charge on any atom is -0.330 e. The van der Waals surface area contributed by atoms with E-state index in [1.54, 1.807) is 12.1 Å². The molecule has 84 valence electrons. The van der Waals surface area contributed by atoms with Crippen molar-refractivity contribution in [2.24, 2.45) is 11.5 Å². The van der Waals surface area contributed by atoms with E-state index in [2.05, 4.69) is 15.9 Å². The van der Waals surface area contributed by atoms with Gasteiger partial charge in [-0.25, -0.2) is 4.39 Å². The molecule has 0 aliphatic rings. The maximum Gasteiger partial charge on any atom is 0.129 e. The molecule has 1 atom stereocenters. The number of hydrogen-bond acceptors (Lipinski definition) is 2. The molecule has 0 fully saturated rings. The molecule has 0 bridgehead atoms. The molecule has 0 aromatic heterocycles. The third-order valence-corrected chi connectivity index (χ3v) is 2.82. The predicted molar refractivity (Wildman–Crippen MR) is 63.9 cm³/mol. The van der Waals surface area contributed by atoms with E-state index >= 15 is 0 Å². The van der Waals surface area contributed by atoms with Gasteiger partial charge < -0.3 is 11.5 Å². The van der Waals surface area contributed by atoms with Gasteiger partial charge >= 0.3 is 0 Å². The predicted octanol–water partition coefficient (Wildman–Crippen LogP) is 2.72. The molecule has 0 saturated heterocycles. The molecule has 0 spiro atoms. The van der Waals surface area contributed by atoms with E-state index < -0.39 is 0 Å². The van der Waals surface area contributed by atoms with Gasteiger partial charge in [-0.15, -0.1) is 0 Å². The Bertz CT molecular complexity index is 317. The second-order valence-electron chi connectivity index (χ2n) is 3.56. The van der Waals surface area contributed by atoms with Crippen LogP contribution in [0.1, 0.15) is 30.9 Å². The number of rotatable bonds is 5. The SMILES string of the molecule is NCCCC[C@H](N)c1ccc(Br)cc1F. The van der Waals surface area contributed by atoms with Gasteiger partial charge in [0.15, 0.2) is 0 Å². The van der Waals surface area contributed by atoms with Crippen molar-refractivity contribution in [3.8, 4) is 0 Å². The van der Waals surface area contributed by atoms with Gasteiger partial charge in [0.1, 0.15) is 5.82 Å². The highest BCUT2D eigenvalue weighted by Crippen LogP contribution is 2.22. The first-order valence-corrected chi connectivity index (χ1v) is 5.85. The first-order chi connectivity index (χ1) is 7.15. The molecule has 0 saturated carbocycles. The Labute approximate surface area is 98.0 Å². The van der Waals surface area contributed by atoms with E-state index in [1.165, 1.54) is 6.07 Å². The van der Waals surface area contributed by atoms with Crippen molar-refractivity contribution in [3.05, 3.63) is 34.1 Å². The summed E-state index contributed by atoms with van der Waals surface area (Å²) < 4.78 is 14.2. The zero-order valence-corrected chi connectivity index (χ0v) is 10.1. The van der Waals surface area contributed by atoms with Crippen LogP contribution in [-0.2, 0) is 0 Å². The highest BCUT2D eigenvalue weighted by Gasteiger charge is 2.10. The molecule has 0 heterocycles. The number of hydrogen-bond donors (Lipinski definition) is 2. The Kier molecular flexibility index (Phi) is 5.22. The first kappa shape index (κ1) is 12.6. The van der Waals surface area contributed by atoms with Crippen molar-refractivity contribution in [1.82, 2.24) is 0 Å². The lowest BCUT2D eigenvalue weighted by Gasteiger charge is -2.12. The van der Waals surface area contributed by atoms with Crippen LogP contribution in [0.2, 0.25) is 0 Å². The highest BCUT2D eigenvalue weighted by atomic mass is 79.9. The largest absolute Gasteiger partial charge is 0.330 e. The minimum atomic E-state index is -0.246. The van der Waals surface area contributed by atoms with Crippen molar-refractivity contribution in [2.75, 3.05) is 6.54 Å². The third-order valence-electron chi connectivity index (χ3n) is 2.33. The van der Waals surface area contributed by atoms with Gasteiger partial charge in [0.2, 0.25) is 0 Å². The van der Waals surface area contributed by atoms with Crippen molar-refractivity contribution < 1.29 is 4.39 Å². The molecule has 15 heavy (non-hydrogen) atoms. The maximum absolute atomic E-state index is 13.5. The van der Waals surface area contributed by atoms with Gasteiger partial charge in [-0.05, 0) is 31.5 Å². The van der Waals surface area contributed by atoms with Crippen molar-refractivity contribution in [1.29, 1.82) is 0 Å². The van der Waals surface area contributed by atoms with E-state index in [4.69, 9.17) is 11.5 Å². The Hall–Kier alpha value is -0.450. The molecular weight excluding hydrogens is 259 g/mol. The van der Waals surface area contributed by atoms with Crippen molar-refractivity contribution >= 4 is 15.9 Å². The van der Waals surface area contributed by atoms with Crippen LogP contribution in [0.15, 0.2) is 22.7 Å². The summed E-state index contributed by atoms with van der Waals surface area (Å²) in [6.07, 6.45) is 2.65. The molecule has 4 heteroatoms. The molecule has 2 nitrogen and oxygen atoms in total. The summed E-state index contributed by atoms with van der Waals surface area (Å²) in [5, 5.41) is 0. The van der Waals surface area contributed by atoms with E-state index in [-0.39, 0.29) is 11.9 Å². The monoisotopic (exact) mass is 274 g/mol. The van der Waals surface area contributed by atoms with Crippen LogP contribution in [0.4, 0.5) is 4.39 Å². The quantitative estimate of drug-likeness (QED) is 0.812. The van der Waals surface area contributed by atoms with Gasteiger partial charge in [0.05, 0.1) is 0 Å². The number of unbranched alkanes of at least 4 members (excludes halogenated alkanes) is 1. The van der Waals surface area contributed by atoms with Crippen LogP contribution in [0.3, 0.4) is 0 Å². The first-order valence-electron chi connectivity index (χ1n) is 5.05. The summed E-state index contributed by atoms with van der Waals surface area (Å²) in [6.45, 7) is 0.662. The Morgan fingerprint density at radius 2 is 2.07 bits per heavy atom. The lowest BCUT2D eigenvalue weighted by atomic mass is 10.0. The second-order valence-corrected chi connectivity index (χ2v) is 4.47. The summed E-state index contributed by atoms with van der Waals surface area (Å²) in [7, 11) is 0. The second kappa shape index (κ2) is 6.20. The fourth-order valence-corrected chi connectivity index (χ4v) is 1.80. The van der Waals surface area contributed by atoms with Gasteiger partial charge in [-0.2, -0.15) is 0 Å². The average molecular weight is 275 g/mol. The lowest BCUT2D eigenvalue weighted by molar-refractivity contribution is 0.542. The van der Waals surface area contributed by atoms with Crippen LogP contribution in [0, 0.1) is 5.82 Å². The molecular formula is C11H16BrFN2. The van der Waals surface area contributed by atoms with Gasteiger partial charge in [-0.3, -0.25) is 0 Å². The van der Waals surface area contributed by atoms with Crippen LogP contribution in [0.25, 0.3) is 0 Å². The topological polar surface area (TPSA) is 52.0 Å². The summed E-state index contributed by atoms with van der Waals surface area (Å²) in [4.78, 5) is 0. The van der Waals surface area contributed by atoms with Gasteiger partial charge in [0.25, 0.3) is 0 Å². The lowest BCUT2D eigenvalue weighted by Crippen LogP contribution is -2.12. The molecule has 0 unspecified atom stereocenters.